The first-order valence-electron chi connectivity index (χ1n) is 6.24. The van der Waals surface area contributed by atoms with Crippen molar-refractivity contribution in [2.24, 2.45) is 5.92 Å². The summed E-state index contributed by atoms with van der Waals surface area (Å²) in [5.41, 5.74) is 0.540. The minimum Gasteiger partial charge on any atom is -0.359 e. The van der Waals surface area contributed by atoms with Gasteiger partial charge in [-0.2, -0.15) is 0 Å². The van der Waals surface area contributed by atoms with Crippen LogP contribution in [-0.4, -0.2) is 41.8 Å². The Morgan fingerprint density at radius 1 is 1.42 bits per heavy atom. The maximum absolute atomic E-state index is 12.2. The highest BCUT2D eigenvalue weighted by atomic mass is 35.5. The Balaban J connectivity index is 1.98. The average molecular weight is 282 g/mol. The first-order valence-corrected chi connectivity index (χ1v) is 6.62. The molecule has 1 fully saturated rings. The predicted octanol–water partition coefficient (Wildman–Crippen LogP) is 1.33. The lowest BCUT2D eigenvalue weighted by atomic mass is 9.95. The van der Waals surface area contributed by atoms with Crippen molar-refractivity contribution in [2.75, 3.05) is 20.1 Å². The number of halogens is 1. The van der Waals surface area contributed by atoms with E-state index in [-0.39, 0.29) is 17.7 Å². The molecule has 1 saturated heterocycles. The summed E-state index contributed by atoms with van der Waals surface area (Å²) in [7, 11) is 1.64. The molecule has 0 bridgehead atoms. The molecule has 1 N–H and O–H groups in total. The SMILES string of the molecule is CNC(=O)C1CCN(C(=O)c2ccnc(Cl)c2)CC1. The van der Waals surface area contributed by atoms with E-state index >= 15 is 0 Å². The van der Waals surface area contributed by atoms with Crippen LogP contribution in [0.2, 0.25) is 5.15 Å². The number of nitrogens with zero attached hydrogens (tertiary/aromatic N) is 2. The molecular formula is C13H16ClN3O2. The number of likely N-dealkylation sites (tertiary alicyclic amines) is 1. The number of amides is 2. The topological polar surface area (TPSA) is 62.3 Å². The Morgan fingerprint density at radius 3 is 2.68 bits per heavy atom. The Morgan fingerprint density at radius 2 is 2.11 bits per heavy atom. The molecule has 2 heterocycles. The number of carbonyl (C=O) groups excluding carboxylic acids is 2. The van der Waals surface area contributed by atoms with Crippen LogP contribution in [0.4, 0.5) is 0 Å². The summed E-state index contributed by atoms with van der Waals surface area (Å²) in [5.74, 6) is 0.00814. The molecule has 2 rings (SSSR count). The van der Waals surface area contributed by atoms with Crippen molar-refractivity contribution >= 4 is 23.4 Å². The van der Waals surface area contributed by atoms with E-state index in [0.717, 1.165) is 0 Å². The van der Waals surface area contributed by atoms with Gasteiger partial charge < -0.3 is 10.2 Å². The van der Waals surface area contributed by atoms with E-state index in [1.165, 1.54) is 6.20 Å². The van der Waals surface area contributed by atoms with Crippen LogP contribution in [-0.2, 0) is 4.79 Å². The quantitative estimate of drug-likeness (QED) is 0.832. The van der Waals surface area contributed by atoms with Crippen LogP contribution in [0.15, 0.2) is 18.3 Å². The summed E-state index contributed by atoms with van der Waals surface area (Å²) < 4.78 is 0. The lowest BCUT2D eigenvalue weighted by Gasteiger charge is -2.31. The first-order chi connectivity index (χ1) is 9.11. The summed E-state index contributed by atoms with van der Waals surface area (Å²) in [6.45, 7) is 1.19. The van der Waals surface area contributed by atoms with Crippen molar-refractivity contribution in [1.29, 1.82) is 0 Å². The number of rotatable bonds is 2. The fourth-order valence-electron chi connectivity index (χ4n) is 2.27. The Hall–Kier alpha value is -1.62. The van der Waals surface area contributed by atoms with Crippen LogP contribution < -0.4 is 5.32 Å². The number of carbonyl (C=O) groups is 2. The molecule has 0 aliphatic carbocycles. The van der Waals surface area contributed by atoms with Crippen molar-refractivity contribution in [1.82, 2.24) is 15.2 Å². The van der Waals surface area contributed by atoms with Gasteiger partial charge in [-0.1, -0.05) is 11.6 Å². The van der Waals surface area contributed by atoms with Gasteiger partial charge in [0.2, 0.25) is 5.91 Å². The third-order valence-corrected chi connectivity index (χ3v) is 3.58. The fourth-order valence-corrected chi connectivity index (χ4v) is 2.44. The molecule has 1 aliphatic rings. The Bertz CT molecular complexity index is 485. The van der Waals surface area contributed by atoms with Gasteiger partial charge in [-0.15, -0.1) is 0 Å². The molecule has 19 heavy (non-hydrogen) atoms. The monoisotopic (exact) mass is 281 g/mol. The van der Waals surface area contributed by atoms with Gasteiger partial charge in [-0.3, -0.25) is 9.59 Å². The van der Waals surface area contributed by atoms with Gasteiger partial charge in [-0.05, 0) is 25.0 Å². The normalized spacial score (nSPS) is 16.2. The van der Waals surface area contributed by atoms with Gasteiger partial charge in [-0.25, -0.2) is 4.98 Å². The average Bonchev–Trinajstić information content (AvgIpc) is 2.46. The molecule has 0 atom stereocenters. The lowest BCUT2D eigenvalue weighted by Crippen LogP contribution is -2.42. The number of piperidine rings is 1. The second-order valence-corrected chi connectivity index (χ2v) is 4.94. The Kier molecular flexibility index (Phi) is 4.37. The zero-order chi connectivity index (χ0) is 13.8. The third kappa shape index (κ3) is 3.23. The zero-order valence-electron chi connectivity index (χ0n) is 10.7. The van der Waals surface area contributed by atoms with Crippen LogP contribution in [0.1, 0.15) is 23.2 Å². The molecule has 6 heteroatoms. The summed E-state index contributed by atoms with van der Waals surface area (Å²) in [6, 6.07) is 3.22. The Labute approximate surface area is 117 Å². The second-order valence-electron chi connectivity index (χ2n) is 4.55. The largest absolute Gasteiger partial charge is 0.359 e. The van der Waals surface area contributed by atoms with Gasteiger partial charge in [0, 0.05) is 37.8 Å². The molecule has 1 aliphatic heterocycles. The van der Waals surface area contributed by atoms with Crippen LogP contribution in [0.5, 0.6) is 0 Å². The minimum absolute atomic E-state index is 0.00933. The minimum atomic E-state index is -0.0559. The zero-order valence-corrected chi connectivity index (χ0v) is 11.5. The molecule has 0 radical (unpaired) electrons. The van der Waals surface area contributed by atoms with Crippen molar-refractivity contribution < 1.29 is 9.59 Å². The summed E-state index contributed by atoms with van der Waals surface area (Å²) in [4.78, 5) is 29.4. The van der Waals surface area contributed by atoms with E-state index < -0.39 is 0 Å². The van der Waals surface area contributed by atoms with E-state index in [0.29, 0.717) is 36.6 Å². The van der Waals surface area contributed by atoms with Gasteiger partial charge in [0.15, 0.2) is 0 Å². The van der Waals surface area contributed by atoms with Gasteiger partial charge in [0.25, 0.3) is 5.91 Å². The number of pyridine rings is 1. The van der Waals surface area contributed by atoms with Crippen molar-refractivity contribution in [2.45, 2.75) is 12.8 Å². The van der Waals surface area contributed by atoms with Crippen LogP contribution in [0, 0.1) is 5.92 Å². The third-order valence-electron chi connectivity index (χ3n) is 3.37. The number of hydrogen-bond acceptors (Lipinski definition) is 3. The lowest BCUT2D eigenvalue weighted by molar-refractivity contribution is -0.125. The van der Waals surface area contributed by atoms with E-state index in [4.69, 9.17) is 11.6 Å². The van der Waals surface area contributed by atoms with Crippen molar-refractivity contribution in [3.8, 4) is 0 Å². The summed E-state index contributed by atoms with van der Waals surface area (Å²) in [6.07, 6.45) is 2.92. The number of hydrogen-bond donors (Lipinski definition) is 1. The number of aromatic nitrogens is 1. The van der Waals surface area contributed by atoms with Crippen LogP contribution >= 0.6 is 11.6 Å². The molecule has 5 nitrogen and oxygen atoms in total. The maximum Gasteiger partial charge on any atom is 0.254 e. The van der Waals surface area contributed by atoms with E-state index in [9.17, 15) is 9.59 Å². The van der Waals surface area contributed by atoms with Gasteiger partial charge >= 0.3 is 0 Å². The molecule has 0 spiro atoms. The molecular weight excluding hydrogens is 266 g/mol. The number of nitrogens with one attached hydrogen (secondary N) is 1. The van der Waals surface area contributed by atoms with Gasteiger partial charge in [0.05, 0.1) is 0 Å². The maximum atomic E-state index is 12.2. The second kappa shape index (κ2) is 6.02. The molecule has 0 unspecified atom stereocenters. The molecule has 0 saturated carbocycles. The smallest absolute Gasteiger partial charge is 0.254 e. The fraction of sp³-hybridized carbons (Fsp3) is 0.462. The molecule has 1 aromatic rings. The predicted molar refractivity (Wildman–Crippen MR) is 71.9 cm³/mol. The summed E-state index contributed by atoms with van der Waals surface area (Å²) >= 11 is 5.78. The standard InChI is InChI=1S/C13H16ClN3O2/c1-15-12(18)9-3-6-17(7-4-9)13(19)10-2-5-16-11(14)8-10/h2,5,8-9H,3-4,6-7H2,1H3,(H,15,18). The molecule has 0 aromatic carbocycles. The summed E-state index contributed by atoms with van der Waals surface area (Å²) in [5, 5.41) is 2.96. The van der Waals surface area contributed by atoms with E-state index in [2.05, 4.69) is 10.3 Å². The van der Waals surface area contributed by atoms with Crippen molar-refractivity contribution in [3.63, 3.8) is 0 Å². The van der Waals surface area contributed by atoms with Crippen LogP contribution in [0.3, 0.4) is 0 Å². The van der Waals surface area contributed by atoms with Gasteiger partial charge in [0.1, 0.15) is 5.15 Å². The highest BCUT2D eigenvalue weighted by Gasteiger charge is 2.27. The molecule has 102 valence electrons. The van der Waals surface area contributed by atoms with E-state index in [1.807, 2.05) is 0 Å². The van der Waals surface area contributed by atoms with Crippen molar-refractivity contribution in [3.05, 3.63) is 29.0 Å². The van der Waals surface area contributed by atoms with E-state index in [1.54, 1.807) is 24.1 Å². The highest BCUT2D eigenvalue weighted by Crippen LogP contribution is 2.19. The molecule has 2 amide bonds. The molecule has 1 aromatic heterocycles. The van der Waals surface area contributed by atoms with Crippen LogP contribution in [0.25, 0.3) is 0 Å². The first kappa shape index (κ1) is 13.8. The highest BCUT2D eigenvalue weighted by molar-refractivity contribution is 6.29.